The third-order valence-electron chi connectivity index (χ3n) is 3.61. The van der Waals surface area contributed by atoms with Gasteiger partial charge in [0.15, 0.2) is 0 Å². The van der Waals surface area contributed by atoms with Crippen molar-refractivity contribution in [2.45, 2.75) is 40.0 Å². The van der Waals surface area contributed by atoms with E-state index in [1.165, 1.54) is 5.56 Å². The predicted octanol–water partition coefficient (Wildman–Crippen LogP) is 3.33. The molecule has 1 amide bonds. The number of amides is 1. The van der Waals surface area contributed by atoms with E-state index in [-0.39, 0.29) is 11.8 Å². The largest absolute Gasteiger partial charge is 0.326 e. The number of nitrogens with one attached hydrogen (secondary N) is 2. The van der Waals surface area contributed by atoms with Crippen LogP contribution in [0.2, 0.25) is 0 Å². The van der Waals surface area contributed by atoms with Crippen LogP contribution in [-0.2, 0) is 11.2 Å². The average Bonchev–Trinajstić information content (AvgIpc) is 2.77. The highest BCUT2D eigenvalue weighted by molar-refractivity contribution is 5.95. The van der Waals surface area contributed by atoms with Gasteiger partial charge in [0.1, 0.15) is 0 Å². The van der Waals surface area contributed by atoms with Gasteiger partial charge >= 0.3 is 0 Å². The van der Waals surface area contributed by atoms with E-state index in [1.807, 2.05) is 39.0 Å². The molecule has 0 saturated heterocycles. The van der Waals surface area contributed by atoms with Crippen LogP contribution >= 0.6 is 0 Å². The lowest BCUT2D eigenvalue weighted by Gasteiger charge is -2.13. The summed E-state index contributed by atoms with van der Waals surface area (Å²) in [4.78, 5) is 12.4. The number of carbonyl (C=O) groups is 1. The van der Waals surface area contributed by atoms with Crippen molar-refractivity contribution in [2.75, 3.05) is 5.32 Å². The molecule has 0 aliphatic rings. The van der Waals surface area contributed by atoms with Gasteiger partial charge in [-0.25, -0.2) is 0 Å². The molecule has 1 heterocycles. The maximum absolute atomic E-state index is 12.4. The molecule has 0 radical (unpaired) electrons. The number of aromatic nitrogens is 2. The van der Waals surface area contributed by atoms with Crippen LogP contribution in [0.4, 0.5) is 5.69 Å². The Morgan fingerprint density at radius 1 is 1.40 bits per heavy atom. The normalized spacial score (nSPS) is 12.2. The quantitative estimate of drug-likeness (QED) is 0.896. The van der Waals surface area contributed by atoms with Crippen molar-refractivity contribution < 1.29 is 4.79 Å². The topological polar surface area (TPSA) is 57.8 Å². The van der Waals surface area contributed by atoms with E-state index in [2.05, 4.69) is 28.5 Å². The molecule has 2 N–H and O–H groups in total. The van der Waals surface area contributed by atoms with Crippen LogP contribution in [0, 0.1) is 13.8 Å². The molecule has 2 rings (SSSR count). The van der Waals surface area contributed by atoms with E-state index < -0.39 is 0 Å². The molecule has 2 aromatic rings. The maximum atomic E-state index is 12.4. The Balaban J connectivity index is 2.15. The first-order valence-corrected chi connectivity index (χ1v) is 6.94. The summed E-state index contributed by atoms with van der Waals surface area (Å²) in [5.41, 5.74) is 4.88. The second-order valence-electron chi connectivity index (χ2n) is 5.11. The van der Waals surface area contributed by atoms with E-state index in [4.69, 9.17) is 0 Å². The molecule has 1 aromatic carbocycles. The van der Waals surface area contributed by atoms with Gasteiger partial charge in [0.05, 0.1) is 11.6 Å². The summed E-state index contributed by atoms with van der Waals surface area (Å²) in [5, 5.41) is 10.1. The van der Waals surface area contributed by atoms with Crippen molar-refractivity contribution >= 4 is 11.6 Å². The molecule has 106 valence electrons. The third kappa shape index (κ3) is 2.90. The van der Waals surface area contributed by atoms with E-state index in [1.54, 1.807) is 0 Å². The molecular formula is C16H21N3O. The highest BCUT2D eigenvalue weighted by Gasteiger charge is 2.21. The Morgan fingerprint density at radius 3 is 2.75 bits per heavy atom. The summed E-state index contributed by atoms with van der Waals surface area (Å²) >= 11 is 0. The molecule has 4 nitrogen and oxygen atoms in total. The minimum Gasteiger partial charge on any atom is -0.326 e. The fraction of sp³-hybridized carbons (Fsp3) is 0.375. The minimum atomic E-state index is -0.223. The van der Waals surface area contributed by atoms with Crippen LogP contribution in [0.1, 0.15) is 42.3 Å². The molecule has 0 aliphatic carbocycles. The van der Waals surface area contributed by atoms with Crippen LogP contribution in [0.25, 0.3) is 0 Å². The molecule has 0 saturated carbocycles. The predicted molar refractivity (Wildman–Crippen MR) is 80.9 cm³/mol. The third-order valence-corrected chi connectivity index (χ3v) is 3.61. The molecule has 0 spiro atoms. The molecule has 0 bridgehead atoms. The fourth-order valence-electron chi connectivity index (χ4n) is 2.45. The Hall–Kier alpha value is -2.10. The summed E-state index contributed by atoms with van der Waals surface area (Å²) in [6.45, 7) is 7.86. The summed E-state index contributed by atoms with van der Waals surface area (Å²) in [7, 11) is 0. The zero-order valence-electron chi connectivity index (χ0n) is 12.4. The fourth-order valence-corrected chi connectivity index (χ4v) is 2.45. The summed E-state index contributed by atoms with van der Waals surface area (Å²) in [6, 6.07) is 7.95. The highest BCUT2D eigenvalue weighted by atomic mass is 16.1. The zero-order valence-corrected chi connectivity index (χ0v) is 12.4. The summed E-state index contributed by atoms with van der Waals surface area (Å²) in [6.07, 6.45) is 0.958. The number of nitrogens with zero attached hydrogens (tertiary/aromatic N) is 1. The number of aromatic amines is 1. The molecule has 1 atom stereocenters. The summed E-state index contributed by atoms with van der Waals surface area (Å²) in [5.74, 6) is -0.232. The van der Waals surface area contributed by atoms with Crippen molar-refractivity contribution in [3.05, 3.63) is 46.8 Å². The number of rotatable bonds is 4. The second-order valence-corrected chi connectivity index (χ2v) is 5.11. The van der Waals surface area contributed by atoms with Crippen molar-refractivity contribution in [2.24, 2.45) is 0 Å². The van der Waals surface area contributed by atoms with Gasteiger partial charge in [-0.3, -0.25) is 9.89 Å². The lowest BCUT2D eigenvalue weighted by atomic mass is 9.98. The smallest absolute Gasteiger partial charge is 0.231 e. The Labute approximate surface area is 119 Å². The van der Waals surface area contributed by atoms with Gasteiger partial charge in [0, 0.05) is 16.9 Å². The maximum Gasteiger partial charge on any atom is 0.231 e. The molecule has 4 heteroatoms. The van der Waals surface area contributed by atoms with Crippen molar-refractivity contribution in [1.29, 1.82) is 0 Å². The Bertz CT molecular complexity index is 596. The van der Waals surface area contributed by atoms with Gasteiger partial charge in [-0.2, -0.15) is 5.10 Å². The van der Waals surface area contributed by atoms with Gasteiger partial charge < -0.3 is 5.32 Å². The highest BCUT2D eigenvalue weighted by Crippen LogP contribution is 2.23. The standard InChI is InChI=1S/C16H21N3O/c1-5-13-7-6-8-14(9-13)17-16(20)10(2)15-11(3)18-19-12(15)4/h6-10H,5H2,1-4H3,(H,17,20)(H,18,19). The first kappa shape index (κ1) is 14.3. The van der Waals surface area contributed by atoms with Crippen LogP contribution in [0.15, 0.2) is 24.3 Å². The lowest BCUT2D eigenvalue weighted by Crippen LogP contribution is -2.19. The number of H-pyrrole nitrogens is 1. The van der Waals surface area contributed by atoms with Gasteiger partial charge in [0.2, 0.25) is 5.91 Å². The number of benzene rings is 1. The van der Waals surface area contributed by atoms with Crippen molar-refractivity contribution in [3.8, 4) is 0 Å². The number of hydrogen-bond donors (Lipinski definition) is 2. The lowest BCUT2D eigenvalue weighted by molar-refractivity contribution is -0.117. The molecule has 0 fully saturated rings. The van der Waals surface area contributed by atoms with Crippen molar-refractivity contribution in [1.82, 2.24) is 10.2 Å². The number of carbonyl (C=O) groups excluding carboxylic acids is 1. The monoisotopic (exact) mass is 271 g/mol. The van der Waals surface area contributed by atoms with Crippen LogP contribution < -0.4 is 5.32 Å². The SMILES string of the molecule is CCc1cccc(NC(=O)C(C)c2c(C)n[nH]c2C)c1. The average molecular weight is 271 g/mol. The molecule has 20 heavy (non-hydrogen) atoms. The van der Waals surface area contributed by atoms with Crippen molar-refractivity contribution in [3.63, 3.8) is 0 Å². The number of anilines is 1. The first-order chi connectivity index (χ1) is 9.52. The van der Waals surface area contributed by atoms with E-state index in [9.17, 15) is 4.79 Å². The molecule has 1 unspecified atom stereocenters. The number of aryl methyl sites for hydroxylation is 3. The van der Waals surface area contributed by atoms with Gasteiger partial charge in [-0.05, 0) is 44.9 Å². The van der Waals surface area contributed by atoms with Gasteiger partial charge in [-0.15, -0.1) is 0 Å². The molecule has 1 aromatic heterocycles. The molecular weight excluding hydrogens is 250 g/mol. The molecule has 0 aliphatic heterocycles. The second kappa shape index (κ2) is 5.90. The first-order valence-electron chi connectivity index (χ1n) is 6.94. The number of hydrogen-bond acceptors (Lipinski definition) is 2. The van der Waals surface area contributed by atoms with E-state index >= 15 is 0 Å². The Kier molecular flexibility index (Phi) is 4.23. The van der Waals surface area contributed by atoms with Crippen LogP contribution in [-0.4, -0.2) is 16.1 Å². The van der Waals surface area contributed by atoms with Gasteiger partial charge in [0.25, 0.3) is 0 Å². The van der Waals surface area contributed by atoms with E-state index in [0.717, 1.165) is 29.1 Å². The van der Waals surface area contributed by atoms with Crippen LogP contribution in [0.5, 0.6) is 0 Å². The Morgan fingerprint density at radius 2 is 2.15 bits per heavy atom. The minimum absolute atomic E-state index is 0.00847. The van der Waals surface area contributed by atoms with E-state index in [0.29, 0.717) is 0 Å². The van der Waals surface area contributed by atoms with Gasteiger partial charge in [-0.1, -0.05) is 19.1 Å². The summed E-state index contributed by atoms with van der Waals surface area (Å²) < 4.78 is 0. The zero-order chi connectivity index (χ0) is 14.7. The van der Waals surface area contributed by atoms with Crippen LogP contribution in [0.3, 0.4) is 0 Å².